The van der Waals surface area contributed by atoms with E-state index >= 15 is 0 Å². The SMILES string of the molecule is Cn1nc(C(=O)NCCCN2CCCCC2)ccc1=O. The van der Waals surface area contributed by atoms with Crippen molar-refractivity contribution in [3.05, 3.63) is 28.2 Å². The van der Waals surface area contributed by atoms with Gasteiger partial charge in [-0.25, -0.2) is 4.68 Å². The number of hydrogen-bond acceptors (Lipinski definition) is 4. The third-order valence-electron chi connectivity index (χ3n) is 3.58. The van der Waals surface area contributed by atoms with E-state index in [0.717, 1.165) is 13.0 Å². The highest BCUT2D eigenvalue weighted by Gasteiger charge is 2.10. The Kier molecular flexibility index (Phi) is 5.29. The van der Waals surface area contributed by atoms with Gasteiger partial charge in [0, 0.05) is 19.7 Å². The number of carbonyl (C=O) groups excluding carboxylic acids is 1. The molecule has 0 aromatic carbocycles. The van der Waals surface area contributed by atoms with E-state index in [1.807, 2.05) is 0 Å². The van der Waals surface area contributed by atoms with Crippen molar-refractivity contribution in [2.45, 2.75) is 25.7 Å². The maximum Gasteiger partial charge on any atom is 0.271 e. The molecule has 0 radical (unpaired) electrons. The second-order valence-electron chi connectivity index (χ2n) is 5.19. The Morgan fingerprint density at radius 2 is 2.05 bits per heavy atom. The third-order valence-corrected chi connectivity index (χ3v) is 3.58. The highest BCUT2D eigenvalue weighted by atomic mass is 16.2. The lowest BCUT2D eigenvalue weighted by Gasteiger charge is -2.26. The Balaban J connectivity index is 1.71. The zero-order chi connectivity index (χ0) is 14.4. The first kappa shape index (κ1) is 14.7. The van der Waals surface area contributed by atoms with Gasteiger partial charge in [0.25, 0.3) is 11.5 Å². The molecule has 1 aliphatic rings. The molecule has 20 heavy (non-hydrogen) atoms. The maximum atomic E-state index is 11.9. The van der Waals surface area contributed by atoms with Crippen molar-refractivity contribution in [3.8, 4) is 0 Å². The summed E-state index contributed by atoms with van der Waals surface area (Å²) >= 11 is 0. The smallest absolute Gasteiger partial charge is 0.271 e. The van der Waals surface area contributed by atoms with Crippen LogP contribution in [0.15, 0.2) is 16.9 Å². The standard InChI is InChI=1S/C14H22N4O2/c1-17-13(19)7-6-12(16-17)14(20)15-8-5-11-18-9-3-2-4-10-18/h6-7H,2-5,8-11H2,1H3,(H,15,20). The topological polar surface area (TPSA) is 67.2 Å². The van der Waals surface area contributed by atoms with Crippen LogP contribution in [0.5, 0.6) is 0 Å². The molecule has 1 aliphatic heterocycles. The van der Waals surface area contributed by atoms with Crippen LogP contribution in [0.25, 0.3) is 0 Å². The molecule has 0 spiro atoms. The molecule has 1 N–H and O–H groups in total. The third kappa shape index (κ3) is 4.16. The van der Waals surface area contributed by atoms with Gasteiger partial charge in [0.1, 0.15) is 5.69 Å². The lowest BCUT2D eigenvalue weighted by atomic mass is 10.1. The first-order valence-corrected chi connectivity index (χ1v) is 7.22. The summed E-state index contributed by atoms with van der Waals surface area (Å²) in [6.07, 6.45) is 4.85. The molecule has 1 saturated heterocycles. The molecule has 2 heterocycles. The average molecular weight is 278 g/mol. The van der Waals surface area contributed by atoms with Crippen molar-refractivity contribution in [3.63, 3.8) is 0 Å². The summed E-state index contributed by atoms with van der Waals surface area (Å²) < 4.78 is 1.17. The lowest BCUT2D eigenvalue weighted by Crippen LogP contribution is -2.34. The minimum atomic E-state index is -0.223. The number of nitrogens with one attached hydrogen (secondary N) is 1. The van der Waals surface area contributed by atoms with E-state index in [4.69, 9.17) is 0 Å². The molecule has 6 heteroatoms. The molecular formula is C14H22N4O2. The molecule has 0 aliphatic carbocycles. The Labute approximate surface area is 118 Å². The fourth-order valence-electron chi connectivity index (χ4n) is 2.40. The van der Waals surface area contributed by atoms with Gasteiger partial charge in [-0.2, -0.15) is 5.10 Å². The largest absolute Gasteiger partial charge is 0.351 e. The Bertz CT molecular complexity index is 506. The average Bonchev–Trinajstić information content (AvgIpc) is 2.47. The molecule has 1 amide bonds. The van der Waals surface area contributed by atoms with Crippen LogP contribution in [0.3, 0.4) is 0 Å². The summed E-state index contributed by atoms with van der Waals surface area (Å²) in [5.41, 5.74) is 0.0664. The number of amides is 1. The summed E-state index contributed by atoms with van der Waals surface area (Å²) in [6, 6.07) is 2.82. The number of rotatable bonds is 5. The lowest BCUT2D eigenvalue weighted by molar-refractivity contribution is 0.0944. The molecule has 2 rings (SSSR count). The van der Waals surface area contributed by atoms with E-state index in [0.29, 0.717) is 6.54 Å². The number of aryl methyl sites for hydroxylation is 1. The maximum absolute atomic E-state index is 11.9. The van der Waals surface area contributed by atoms with Crippen molar-refractivity contribution in [1.82, 2.24) is 20.0 Å². The van der Waals surface area contributed by atoms with Crippen molar-refractivity contribution in [2.24, 2.45) is 7.05 Å². The second kappa shape index (κ2) is 7.19. The van der Waals surface area contributed by atoms with Crippen LogP contribution in [-0.4, -0.2) is 46.8 Å². The molecular weight excluding hydrogens is 256 g/mol. The highest BCUT2D eigenvalue weighted by molar-refractivity contribution is 5.91. The highest BCUT2D eigenvalue weighted by Crippen LogP contribution is 2.08. The molecule has 110 valence electrons. The molecule has 1 aromatic heterocycles. The Hall–Kier alpha value is -1.69. The van der Waals surface area contributed by atoms with E-state index < -0.39 is 0 Å². The van der Waals surface area contributed by atoms with E-state index in [1.165, 1.54) is 56.2 Å². The summed E-state index contributed by atoms with van der Waals surface area (Å²) in [4.78, 5) is 25.5. The van der Waals surface area contributed by atoms with Gasteiger partial charge in [0.2, 0.25) is 0 Å². The molecule has 1 aromatic rings. The minimum Gasteiger partial charge on any atom is -0.351 e. The molecule has 0 unspecified atom stereocenters. The predicted octanol–water partition coefficient (Wildman–Crippen LogP) is 0.386. The minimum absolute atomic E-state index is 0.216. The zero-order valence-electron chi connectivity index (χ0n) is 12.0. The van der Waals surface area contributed by atoms with Crippen LogP contribution >= 0.6 is 0 Å². The molecule has 0 atom stereocenters. The Morgan fingerprint density at radius 1 is 1.30 bits per heavy atom. The first-order chi connectivity index (χ1) is 9.66. The number of hydrogen-bond donors (Lipinski definition) is 1. The van der Waals surface area contributed by atoms with Crippen molar-refractivity contribution >= 4 is 5.91 Å². The van der Waals surface area contributed by atoms with Gasteiger partial charge < -0.3 is 10.2 Å². The van der Waals surface area contributed by atoms with Gasteiger partial charge in [0.15, 0.2) is 0 Å². The summed E-state index contributed by atoms with van der Waals surface area (Å²) in [7, 11) is 1.54. The molecule has 6 nitrogen and oxygen atoms in total. The number of piperidine rings is 1. The second-order valence-corrected chi connectivity index (χ2v) is 5.19. The summed E-state index contributed by atoms with van der Waals surface area (Å²) in [5, 5.41) is 6.76. The van der Waals surface area contributed by atoms with Crippen LogP contribution < -0.4 is 10.9 Å². The first-order valence-electron chi connectivity index (χ1n) is 7.22. The van der Waals surface area contributed by atoms with Crippen LogP contribution in [0.4, 0.5) is 0 Å². The van der Waals surface area contributed by atoms with E-state index in [-0.39, 0.29) is 17.2 Å². The van der Waals surface area contributed by atoms with Crippen molar-refractivity contribution < 1.29 is 4.79 Å². The normalized spacial score (nSPS) is 16.1. The van der Waals surface area contributed by atoms with Gasteiger partial charge in [-0.3, -0.25) is 9.59 Å². The van der Waals surface area contributed by atoms with Crippen LogP contribution in [0.1, 0.15) is 36.2 Å². The van der Waals surface area contributed by atoms with Gasteiger partial charge >= 0.3 is 0 Å². The van der Waals surface area contributed by atoms with E-state index in [1.54, 1.807) is 0 Å². The van der Waals surface area contributed by atoms with Gasteiger partial charge in [-0.05, 0) is 45.0 Å². The number of carbonyl (C=O) groups is 1. The number of aromatic nitrogens is 2. The van der Waals surface area contributed by atoms with E-state index in [9.17, 15) is 9.59 Å². The molecule has 0 bridgehead atoms. The summed E-state index contributed by atoms with van der Waals surface area (Å²) in [6.45, 7) is 4.02. The zero-order valence-corrected chi connectivity index (χ0v) is 12.0. The van der Waals surface area contributed by atoms with Crippen molar-refractivity contribution in [1.29, 1.82) is 0 Å². The fourth-order valence-corrected chi connectivity index (χ4v) is 2.40. The van der Waals surface area contributed by atoms with Crippen LogP contribution in [0, 0.1) is 0 Å². The van der Waals surface area contributed by atoms with E-state index in [2.05, 4.69) is 15.3 Å². The monoisotopic (exact) mass is 278 g/mol. The van der Waals surface area contributed by atoms with Gasteiger partial charge in [-0.15, -0.1) is 0 Å². The van der Waals surface area contributed by atoms with Crippen LogP contribution in [-0.2, 0) is 7.05 Å². The van der Waals surface area contributed by atoms with Gasteiger partial charge in [-0.1, -0.05) is 6.42 Å². The van der Waals surface area contributed by atoms with Gasteiger partial charge in [0.05, 0.1) is 0 Å². The Morgan fingerprint density at radius 3 is 2.75 bits per heavy atom. The van der Waals surface area contributed by atoms with Crippen LogP contribution in [0.2, 0.25) is 0 Å². The number of nitrogens with zero attached hydrogens (tertiary/aromatic N) is 3. The number of likely N-dealkylation sites (tertiary alicyclic amines) is 1. The van der Waals surface area contributed by atoms with Crippen molar-refractivity contribution in [2.75, 3.05) is 26.2 Å². The summed E-state index contributed by atoms with van der Waals surface area (Å²) in [5.74, 6) is -0.223. The molecule has 0 saturated carbocycles. The predicted molar refractivity (Wildman–Crippen MR) is 76.7 cm³/mol. The quantitative estimate of drug-likeness (QED) is 0.791. The molecule has 1 fully saturated rings. The fraction of sp³-hybridized carbons (Fsp3) is 0.643.